The lowest BCUT2D eigenvalue weighted by Gasteiger charge is -2.21. The van der Waals surface area contributed by atoms with Crippen molar-refractivity contribution in [3.63, 3.8) is 0 Å². The van der Waals surface area contributed by atoms with Crippen LogP contribution in [0.25, 0.3) is 10.6 Å². The number of carboxylic acids is 1. The number of halogens is 3. The SMILES string of the molecule is COc1cccc(C2(C)CC2(NS(=O)(=O)c2ccc(-c3cc(C(F)(F)F)on3)s2)C(=O)O)c1. The molecule has 2 N–H and O–H groups in total. The highest BCUT2D eigenvalue weighted by molar-refractivity contribution is 7.91. The van der Waals surface area contributed by atoms with Crippen LogP contribution in [0.4, 0.5) is 13.2 Å². The van der Waals surface area contributed by atoms with Crippen LogP contribution in [0.1, 0.15) is 24.7 Å². The van der Waals surface area contributed by atoms with Crippen molar-refractivity contribution < 1.29 is 40.8 Å². The lowest BCUT2D eigenvalue weighted by Crippen LogP contribution is -2.47. The molecule has 4 rings (SSSR count). The third kappa shape index (κ3) is 3.89. The number of nitrogens with zero attached hydrogens (tertiary/aromatic N) is 1. The standard InChI is InChI=1S/C20H17F3N2O6S2/c1-18(11-4-3-5-12(8-11)30-2)10-19(18,17(26)27)25-33(28,29)16-7-6-14(32-16)13-9-15(31-24-13)20(21,22)23/h3-9,25H,10H2,1-2H3,(H,26,27). The average Bonchev–Trinajstić information content (AvgIpc) is 3.18. The molecule has 3 aromatic rings. The van der Waals surface area contributed by atoms with Crippen LogP contribution in [-0.4, -0.2) is 37.3 Å². The number of hydrogen-bond donors (Lipinski definition) is 2. The van der Waals surface area contributed by atoms with Crippen molar-refractivity contribution in [1.29, 1.82) is 0 Å². The first kappa shape index (κ1) is 23.3. The quantitative estimate of drug-likeness (QED) is 0.503. The number of nitrogens with one attached hydrogen (secondary N) is 1. The molecule has 2 atom stereocenters. The minimum absolute atomic E-state index is 0.00179. The van der Waals surface area contributed by atoms with Crippen LogP contribution < -0.4 is 9.46 Å². The maximum Gasteiger partial charge on any atom is 0.452 e. The molecule has 0 radical (unpaired) electrons. The zero-order valence-corrected chi connectivity index (χ0v) is 18.8. The summed E-state index contributed by atoms with van der Waals surface area (Å²) in [5.74, 6) is -2.17. The number of carbonyl (C=O) groups is 1. The molecule has 1 aromatic carbocycles. The summed E-state index contributed by atoms with van der Waals surface area (Å²) in [6.45, 7) is 1.63. The average molecular weight is 502 g/mol. The lowest BCUT2D eigenvalue weighted by atomic mass is 9.92. The second-order valence-electron chi connectivity index (χ2n) is 7.75. The van der Waals surface area contributed by atoms with E-state index in [4.69, 9.17) is 4.74 Å². The maximum atomic E-state index is 13.0. The third-order valence-electron chi connectivity index (χ3n) is 5.70. The second-order valence-corrected chi connectivity index (χ2v) is 10.7. The molecule has 1 fully saturated rings. The summed E-state index contributed by atoms with van der Waals surface area (Å²) in [5, 5.41) is 13.3. The van der Waals surface area contributed by atoms with E-state index >= 15 is 0 Å². The van der Waals surface area contributed by atoms with E-state index in [2.05, 4.69) is 14.4 Å². The van der Waals surface area contributed by atoms with Crippen LogP contribution in [0.15, 0.2) is 51.2 Å². The van der Waals surface area contributed by atoms with Gasteiger partial charge < -0.3 is 14.4 Å². The Morgan fingerprint density at radius 3 is 2.61 bits per heavy atom. The molecule has 13 heteroatoms. The topological polar surface area (TPSA) is 119 Å². The molecule has 176 valence electrons. The Hall–Kier alpha value is -2.90. The van der Waals surface area contributed by atoms with E-state index in [1.165, 1.54) is 19.2 Å². The van der Waals surface area contributed by atoms with Crippen molar-refractivity contribution in [3.05, 3.63) is 53.8 Å². The van der Waals surface area contributed by atoms with Gasteiger partial charge in [-0.1, -0.05) is 24.2 Å². The number of sulfonamides is 1. The lowest BCUT2D eigenvalue weighted by molar-refractivity contribution is -0.155. The molecule has 1 aliphatic rings. The van der Waals surface area contributed by atoms with Gasteiger partial charge in [0.25, 0.3) is 10.0 Å². The summed E-state index contributed by atoms with van der Waals surface area (Å²) in [7, 11) is -2.87. The molecule has 0 amide bonds. The van der Waals surface area contributed by atoms with Crippen LogP contribution in [0.2, 0.25) is 0 Å². The minimum Gasteiger partial charge on any atom is -0.497 e. The van der Waals surface area contributed by atoms with E-state index in [1.807, 2.05) is 0 Å². The van der Waals surface area contributed by atoms with Gasteiger partial charge in [-0.25, -0.2) is 8.42 Å². The Balaban J connectivity index is 1.63. The minimum atomic E-state index is -4.73. The Morgan fingerprint density at radius 1 is 1.27 bits per heavy atom. The fourth-order valence-corrected chi connectivity index (χ4v) is 6.43. The summed E-state index contributed by atoms with van der Waals surface area (Å²) in [4.78, 5) is 12.3. The normalized spacial score (nSPS) is 22.8. The summed E-state index contributed by atoms with van der Waals surface area (Å²) in [6, 6.07) is 9.80. The monoisotopic (exact) mass is 502 g/mol. The Bertz CT molecular complexity index is 1330. The van der Waals surface area contributed by atoms with Gasteiger partial charge in [0.05, 0.1) is 12.0 Å². The number of ether oxygens (including phenoxy) is 1. The van der Waals surface area contributed by atoms with E-state index in [0.29, 0.717) is 28.7 Å². The van der Waals surface area contributed by atoms with Gasteiger partial charge in [-0.05, 0) is 36.2 Å². The fourth-order valence-electron chi connectivity index (χ4n) is 3.71. The summed E-state index contributed by atoms with van der Waals surface area (Å²) < 4.78 is 75.8. The number of hydrogen-bond acceptors (Lipinski definition) is 7. The number of benzene rings is 1. The first-order valence-electron chi connectivity index (χ1n) is 9.38. The highest BCUT2D eigenvalue weighted by Gasteiger charge is 2.72. The zero-order chi connectivity index (χ0) is 24.2. The van der Waals surface area contributed by atoms with Crippen LogP contribution in [0.5, 0.6) is 5.75 Å². The molecule has 1 saturated carbocycles. The van der Waals surface area contributed by atoms with Crippen molar-refractivity contribution in [2.45, 2.75) is 34.7 Å². The predicted octanol–water partition coefficient (Wildman–Crippen LogP) is 3.89. The largest absolute Gasteiger partial charge is 0.497 e. The van der Waals surface area contributed by atoms with E-state index in [1.54, 1.807) is 31.2 Å². The van der Waals surface area contributed by atoms with Crippen molar-refractivity contribution in [3.8, 4) is 16.3 Å². The van der Waals surface area contributed by atoms with Crippen molar-refractivity contribution in [2.24, 2.45) is 0 Å². The smallest absolute Gasteiger partial charge is 0.452 e. The zero-order valence-electron chi connectivity index (χ0n) is 17.1. The molecule has 2 heterocycles. The van der Waals surface area contributed by atoms with Crippen LogP contribution in [-0.2, 0) is 26.4 Å². The molecule has 33 heavy (non-hydrogen) atoms. The molecular weight excluding hydrogens is 485 g/mol. The summed E-state index contributed by atoms with van der Waals surface area (Å²) >= 11 is 0.646. The van der Waals surface area contributed by atoms with Crippen molar-refractivity contribution >= 4 is 27.3 Å². The number of alkyl halides is 3. The number of aliphatic carboxylic acids is 1. The number of aromatic nitrogens is 1. The molecule has 0 spiro atoms. The first-order valence-corrected chi connectivity index (χ1v) is 11.7. The third-order valence-corrected chi connectivity index (χ3v) is 8.80. The fraction of sp³-hybridized carbons (Fsp3) is 0.300. The van der Waals surface area contributed by atoms with Gasteiger partial charge in [0.1, 0.15) is 21.2 Å². The van der Waals surface area contributed by atoms with Gasteiger partial charge in [-0.3, -0.25) is 4.79 Å². The van der Waals surface area contributed by atoms with Gasteiger partial charge in [0, 0.05) is 11.5 Å². The predicted molar refractivity (Wildman–Crippen MR) is 110 cm³/mol. The van der Waals surface area contributed by atoms with E-state index in [-0.39, 0.29) is 21.2 Å². The van der Waals surface area contributed by atoms with Crippen LogP contribution >= 0.6 is 11.3 Å². The van der Waals surface area contributed by atoms with E-state index in [9.17, 15) is 31.5 Å². The molecule has 2 aromatic heterocycles. The highest BCUT2D eigenvalue weighted by Crippen LogP contribution is 2.58. The van der Waals surface area contributed by atoms with Crippen molar-refractivity contribution in [2.75, 3.05) is 7.11 Å². The highest BCUT2D eigenvalue weighted by atomic mass is 32.2. The van der Waals surface area contributed by atoms with Crippen LogP contribution in [0, 0.1) is 0 Å². The molecular formula is C20H17F3N2O6S2. The Labute approximate surface area is 190 Å². The summed E-state index contributed by atoms with van der Waals surface area (Å²) in [5.41, 5.74) is -2.45. The number of carboxylic acid groups (broad SMARTS) is 1. The summed E-state index contributed by atoms with van der Waals surface area (Å²) in [6.07, 6.45) is -4.73. The molecule has 0 aliphatic heterocycles. The van der Waals surface area contributed by atoms with Gasteiger partial charge in [0.15, 0.2) is 0 Å². The van der Waals surface area contributed by atoms with E-state index in [0.717, 1.165) is 0 Å². The number of thiophene rings is 1. The van der Waals surface area contributed by atoms with Crippen LogP contribution in [0.3, 0.4) is 0 Å². The van der Waals surface area contributed by atoms with Gasteiger partial charge in [-0.2, -0.15) is 17.9 Å². The van der Waals surface area contributed by atoms with Gasteiger partial charge in [0.2, 0.25) is 5.76 Å². The van der Waals surface area contributed by atoms with Gasteiger partial charge >= 0.3 is 12.1 Å². The molecule has 8 nitrogen and oxygen atoms in total. The molecule has 2 unspecified atom stereocenters. The number of methoxy groups -OCH3 is 1. The molecule has 0 bridgehead atoms. The van der Waals surface area contributed by atoms with Gasteiger partial charge in [-0.15, -0.1) is 11.3 Å². The number of rotatable bonds is 7. The Kier molecular flexibility index (Phi) is 5.34. The molecule has 0 saturated heterocycles. The van der Waals surface area contributed by atoms with E-state index < -0.39 is 38.9 Å². The first-order chi connectivity index (χ1) is 15.3. The maximum absolute atomic E-state index is 13.0. The van der Waals surface area contributed by atoms with Crippen molar-refractivity contribution in [1.82, 2.24) is 9.88 Å². The Morgan fingerprint density at radius 2 is 2.00 bits per heavy atom. The second kappa shape index (κ2) is 7.57. The molecule has 1 aliphatic carbocycles.